The van der Waals surface area contributed by atoms with Gasteiger partial charge in [-0.2, -0.15) is 0 Å². The Morgan fingerprint density at radius 3 is 1.96 bits per heavy atom. The molecule has 2 aliphatic rings. The molecule has 2 aromatic carbocycles. The summed E-state index contributed by atoms with van der Waals surface area (Å²) >= 11 is 0. The van der Waals surface area contributed by atoms with Crippen LogP contribution in [-0.2, 0) is 5.41 Å². The molecule has 4 rings (SSSR count). The summed E-state index contributed by atoms with van der Waals surface area (Å²) in [5, 5.41) is 0. The van der Waals surface area contributed by atoms with E-state index in [1.54, 1.807) is 0 Å². The van der Waals surface area contributed by atoms with E-state index in [1.165, 1.54) is 44.1 Å². The van der Waals surface area contributed by atoms with Gasteiger partial charge >= 0.3 is 0 Å². The molecule has 0 heterocycles. The minimum Gasteiger partial charge on any atom is -0.457 e. The lowest BCUT2D eigenvalue weighted by Gasteiger charge is -2.49. The van der Waals surface area contributed by atoms with Crippen LogP contribution in [0, 0.1) is 17.8 Å². The van der Waals surface area contributed by atoms with Crippen molar-refractivity contribution >= 4 is 5.69 Å². The van der Waals surface area contributed by atoms with Crippen LogP contribution in [0.1, 0.15) is 57.9 Å². The molecule has 2 unspecified atom stereocenters. The van der Waals surface area contributed by atoms with Crippen LogP contribution in [0.4, 0.5) is 5.69 Å². The van der Waals surface area contributed by atoms with Crippen molar-refractivity contribution in [2.75, 3.05) is 5.73 Å². The molecule has 2 atom stereocenters. The monoisotopic (exact) mass is 349 g/mol. The van der Waals surface area contributed by atoms with E-state index in [0.717, 1.165) is 34.9 Å². The van der Waals surface area contributed by atoms with Gasteiger partial charge in [0.25, 0.3) is 0 Å². The second-order valence-corrected chi connectivity index (χ2v) is 8.78. The Kier molecular flexibility index (Phi) is 4.69. The van der Waals surface area contributed by atoms with Crippen LogP contribution >= 0.6 is 0 Å². The maximum Gasteiger partial charge on any atom is 0.127 e. The van der Waals surface area contributed by atoms with E-state index in [4.69, 9.17) is 10.5 Å². The van der Waals surface area contributed by atoms with E-state index in [2.05, 4.69) is 38.1 Å². The number of fused-ring (bicyclic) bond motifs is 2. The molecule has 2 aliphatic carbocycles. The Hall–Kier alpha value is -1.96. The van der Waals surface area contributed by atoms with Gasteiger partial charge in [-0.1, -0.05) is 26.0 Å². The Balaban J connectivity index is 1.52. The number of nitrogen functional groups attached to an aromatic ring is 1. The summed E-state index contributed by atoms with van der Waals surface area (Å²) in [4.78, 5) is 0. The molecule has 2 bridgehead atoms. The van der Waals surface area contributed by atoms with Crippen molar-refractivity contribution in [1.82, 2.24) is 0 Å². The fourth-order valence-corrected chi connectivity index (χ4v) is 5.70. The number of ether oxygens (including phenoxy) is 1. The van der Waals surface area contributed by atoms with E-state index >= 15 is 0 Å². The third kappa shape index (κ3) is 3.47. The second-order valence-electron chi connectivity index (χ2n) is 8.78. The molecule has 138 valence electrons. The first kappa shape index (κ1) is 17.5. The molecule has 0 radical (unpaired) electrons. The third-order valence-electron chi connectivity index (χ3n) is 6.76. The maximum absolute atomic E-state index is 5.98. The summed E-state index contributed by atoms with van der Waals surface area (Å²) in [6.45, 7) is 4.82. The van der Waals surface area contributed by atoms with Gasteiger partial charge in [0.05, 0.1) is 0 Å². The highest BCUT2D eigenvalue weighted by atomic mass is 16.5. The summed E-state index contributed by atoms with van der Waals surface area (Å²) in [6, 6.07) is 16.5. The quantitative estimate of drug-likeness (QED) is 0.635. The molecule has 0 saturated heterocycles. The molecule has 26 heavy (non-hydrogen) atoms. The van der Waals surface area contributed by atoms with Gasteiger partial charge < -0.3 is 10.5 Å². The van der Waals surface area contributed by atoms with Gasteiger partial charge in [0, 0.05) is 5.69 Å². The molecule has 0 amide bonds. The summed E-state index contributed by atoms with van der Waals surface area (Å²) in [5.74, 6) is 4.49. The third-order valence-corrected chi connectivity index (χ3v) is 6.76. The topological polar surface area (TPSA) is 35.2 Å². The maximum atomic E-state index is 5.98. The smallest absolute Gasteiger partial charge is 0.127 e. The molecule has 2 saturated carbocycles. The van der Waals surface area contributed by atoms with E-state index in [1.807, 2.05) is 24.3 Å². The van der Waals surface area contributed by atoms with Crippen molar-refractivity contribution in [3.05, 3.63) is 54.1 Å². The van der Waals surface area contributed by atoms with Gasteiger partial charge in [-0.3, -0.25) is 0 Å². The number of hydrogen-bond acceptors (Lipinski definition) is 2. The fraction of sp³-hybridized carbons (Fsp3) is 0.500. The molecule has 2 fully saturated rings. The molecule has 0 aromatic heterocycles. The van der Waals surface area contributed by atoms with Crippen molar-refractivity contribution in [2.45, 2.75) is 57.8 Å². The van der Waals surface area contributed by atoms with Crippen LogP contribution < -0.4 is 10.5 Å². The van der Waals surface area contributed by atoms with Crippen molar-refractivity contribution in [1.29, 1.82) is 0 Å². The summed E-state index contributed by atoms with van der Waals surface area (Å²) in [7, 11) is 0. The zero-order valence-corrected chi connectivity index (χ0v) is 16.1. The molecule has 2 aromatic rings. The van der Waals surface area contributed by atoms with Crippen LogP contribution in [0.5, 0.6) is 11.5 Å². The van der Waals surface area contributed by atoms with Crippen molar-refractivity contribution < 1.29 is 4.74 Å². The fourth-order valence-electron chi connectivity index (χ4n) is 5.70. The lowest BCUT2D eigenvalue weighted by molar-refractivity contribution is 0.0788. The van der Waals surface area contributed by atoms with Gasteiger partial charge in [0.2, 0.25) is 0 Å². The minimum absolute atomic E-state index is 0.369. The van der Waals surface area contributed by atoms with E-state index in [0.29, 0.717) is 5.41 Å². The highest BCUT2D eigenvalue weighted by molar-refractivity contribution is 5.43. The first-order valence-corrected chi connectivity index (χ1v) is 10.2. The number of benzene rings is 2. The lowest BCUT2D eigenvalue weighted by atomic mass is 9.56. The largest absolute Gasteiger partial charge is 0.457 e. The average molecular weight is 350 g/mol. The van der Waals surface area contributed by atoms with Crippen molar-refractivity contribution in [3.63, 3.8) is 0 Å². The highest BCUT2D eigenvalue weighted by Crippen LogP contribution is 2.53. The summed E-state index contributed by atoms with van der Waals surface area (Å²) < 4.78 is 5.98. The lowest BCUT2D eigenvalue weighted by Crippen LogP contribution is -2.40. The summed E-state index contributed by atoms with van der Waals surface area (Å²) in [6.07, 6.45) is 8.29. The van der Waals surface area contributed by atoms with Crippen molar-refractivity contribution in [3.8, 4) is 11.5 Å². The Morgan fingerprint density at radius 2 is 1.42 bits per heavy atom. The van der Waals surface area contributed by atoms with E-state index in [9.17, 15) is 0 Å². The van der Waals surface area contributed by atoms with E-state index < -0.39 is 0 Å². The number of hydrogen-bond donors (Lipinski definition) is 1. The first-order chi connectivity index (χ1) is 12.6. The molecule has 2 heteroatoms. The average Bonchev–Trinajstić information content (AvgIpc) is 2.63. The Bertz CT molecular complexity index is 716. The molecule has 2 nitrogen and oxygen atoms in total. The van der Waals surface area contributed by atoms with Crippen LogP contribution in [-0.4, -0.2) is 0 Å². The number of anilines is 1. The van der Waals surface area contributed by atoms with Gasteiger partial charge in [-0.05, 0) is 104 Å². The van der Waals surface area contributed by atoms with Gasteiger partial charge in [0.15, 0.2) is 0 Å². The SMILES string of the molecule is CCC1(c2ccc(Oc3ccc(N)cc3)cc2)CC2CC(C)CC(C2)C1. The molecule has 2 N–H and O–H groups in total. The van der Waals surface area contributed by atoms with Crippen LogP contribution in [0.25, 0.3) is 0 Å². The summed E-state index contributed by atoms with van der Waals surface area (Å²) in [5.41, 5.74) is 8.38. The van der Waals surface area contributed by atoms with Crippen molar-refractivity contribution in [2.24, 2.45) is 17.8 Å². The first-order valence-electron chi connectivity index (χ1n) is 10.2. The minimum atomic E-state index is 0.369. The van der Waals surface area contributed by atoms with Crippen LogP contribution in [0.2, 0.25) is 0 Å². The van der Waals surface area contributed by atoms with Crippen LogP contribution in [0.3, 0.4) is 0 Å². The predicted octanol–water partition coefficient (Wildman–Crippen LogP) is 6.56. The normalized spacial score (nSPS) is 30.8. The van der Waals surface area contributed by atoms with Gasteiger partial charge in [-0.25, -0.2) is 0 Å². The Labute approximate surface area is 157 Å². The van der Waals surface area contributed by atoms with Gasteiger partial charge in [-0.15, -0.1) is 0 Å². The second kappa shape index (κ2) is 6.98. The predicted molar refractivity (Wildman–Crippen MR) is 109 cm³/mol. The van der Waals surface area contributed by atoms with Gasteiger partial charge in [0.1, 0.15) is 11.5 Å². The molecular weight excluding hydrogens is 318 g/mol. The molecule has 0 spiro atoms. The van der Waals surface area contributed by atoms with E-state index in [-0.39, 0.29) is 0 Å². The zero-order chi connectivity index (χ0) is 18.1. The Morgan fingerprint density at radius 1 is 0.885 bits per heavy atom. The zero-order valence-electron chi connectivity index (χ0n) is 16.1. The molecule has 0 aliphatic heterocycles. The van der Waals surface area contributed by atoms with Crippen LogP contribution in [0.15, 0.2) is 48.5 Å². The molecular formula is C24H31NO. The highest BCUT2D eigenvalue weighted by Gasteiger charge is 2.43. The standard InChI is InChI=1S/C24H31NO/c1-3-24(15-18-12-17(2)13-19(14-18)16-24)20-4-8-22(9-5-20)26-23-10-6-21(25)7-11-23/h4-11,17-19H,3,12-16,25H2,1-2H3. The number of rotatable bonds is 4. The number of nitrogens with two attached hydrogens (primary N) is 1.